The molecule has 2 atom stereocenters. The maximum Gasteiger partial charge on any atom is 0.105 e. The van der Waals surface area contributed by atoms with Crippen molar-refractivity contribution in [1.82, 2.24) is 14.7 Å². The summed E-state index contributed by atoms with van der Waals surface area (Å²) in [7, 11) is 1.96. The molecule has 0 saturated carbocycles. The molecule has 2 aromatic rings. The van der Waals surface area contributed by atoms with Gasteiger partial charge in [0.25, 0.3) is 0 Å². The molecule has 1 N–H and O–H groups in total. The van der Waals surface area contributed by atoms with E-state index in [1.807, 2.05) is 17.9 Å². The molecule has 4 heterocycles. The molecule has 2 aliphatic rings. The predicted octanol–water partition coefficient (Wildman–Crippen LogP) is 2.43. The lowest BCUT2D eigenvalue weighted by molar-refractivity contribution is -0.110. The molecule has 1 spiro atoms. The number of thiophene rings is 1. The minimum Gasteiger partial charge on any atom is -0.391 e. The van der Waals surface area contributed by atoms with Crippen LogP contribution in [0.25, 0.3) is 0 Å². The van der Waals surface area contributed by atoms with E-state index in [4.69, 9.17) is 4.74 Å². The van der Waals surface area contributed by atoms with Crippen molar-refractivity contribution in [2.24, 2.45) is 7.05 Å². The van der Waals surface area contributed by atoms with E-state index in [9.17, 15) is 5.11 Å². The first-order valence-corrected chi connectivity index (χ1v) is 9.50. The molecule has 1 fully saturated rings. The molecule has 0 amide bonds. The third-order valence-corrected chi connectivity index (χ3v) is 6.72. The number of nitrogens with zero attached hydrogens (tertiary/aromatic N) is 3. The second kappa shape index (κ2) is 6.26. The summed E-state index contributed by atoms with van der Waals surface area (Å²) in [4.78, 5) is 4.96. The topological polar surface area (TPSA) is 50.5 Å². The van der Waals surface area contributed by atoms with Crippen LogP contribution in [0.1, 0.15) is 40.6 Å². The summed E-state index contributed by atoms with van der Waals surface area (Å²) in [6.45, 7) is 5.21. The summed E-state index contributed by atoms with van der Waals surface area (Å²) in [5.41, 5.74) is 2.52. The first-order chi connectivity index (χ1) is 11.6. The average Bonchev–Trinajstić information content (AvgIpc) is 3.17. The largest absolute Gasteiger partial charge is 0.391 e. The van der Waals surface area contributed by atoms with Gasteiger partial charge in [-0.3, -0.25) is 9.58 Å². The Hall–Kier alpha value is -1.21. The first-order valence-electron chi connectivity index (χ1n) is 8.68. The van der Waals surface area contributed by atoms with Gasteiger partial charge in [-0.2, -0.15) is 5.10 Å². The summed E-state index contributed by atoms with van der Waals surface area (Å²) in [6, 6.07) is 2.64. The van der Waals surface area contributed by atoms with Crippen molar-refractivity contribution in [2.45, 2.75) is 51.0 Å². The number of ether oxygens (including phenoxy) is 1. The number of rotatable bonds is 3. The number of aryl methyl sites for hydroxylation is 1. The smallest absolute Gasteiger partial charge is 0.105 e. The second-order valence-electron chi connectivity index (χ2n) is 7.11. The summed E-state index contributed by atoms with van der Waals surface area (Å²) in [5, 5.41) is 13.8. The van der Waals surface area contributed by atoms with Gasteiger partial charge in [0.05, 0.1) is 19.4 Å². The van der Waals surface area contributed by atoms with Crippen LogP contribution in [-0.4, -0.2) is 39.0 Å². The van der Waals surface area contributed by atoms with Crippen molar-refractivity contribution in [1.29, 1.82) is 0 Å². The van der Waals surface area contributed by atoms with Gasteiger partial charge in [0, 0.05) is 47.7 Å². The van der Waals surface area contributed by atoms with Gasteiger partial charge in [-0.15, -0.1) is 11.3 Å². The molecule has 4 rings (SSSR count). The van der Waals surface area contributed by atoms with Crippen LogP contribution in [0.2, 0.25) is 0 Å². The normalized spacial score (nSPS) is 27.5. The third kappa shape index (κ3) is 2.81. The number of aromatic nitrogens is 2. The van der Waals surface area contributed by atoms with Crippen LogP contribution in [0.4, 0.5) is 0 Å². The van der Waals surface area contributed by atoms with Crippen LogP contribution in [-0.2, 0) is 37.0 Å². The first kappa shape index (κ1) is 16.3. The second-order valence-corrected chi connectivity index (χ2v) is 8.25. The van der Waals surface area contributed by atoms with Crippen LogP contribution < -0.4 is 0 Å². The fraction of sp³-hybridized carbons (Fsp3) is 0.611. The maximum absolute atomic E-state index is 9.49. The van der Waals surface area contributed by atoms with Crippen LogP contribution in [0, 0.1) is 0 Å². The van der Waals surface area contributed by atoms with Crippen molar-refractivity contribution in [3.05, 3.63) is 39.3 Å². The number of piperidine rings is 1. The molecular formula is C18H25N3O2S. The summed E-state index contributed by atoms with van der Waals surface area (Å²) in [5.74, 6) is 0. The fourth-order valence-electron chi connectivity index (χ4n) is 4.17. The van der Waals surface area contributed by atoms with E-state index in [2.05, 4.69) is 29.2 Å². The van der Waals surface area contributed by atoms with E-state index in [1.54, 1.807) is 11.3 Å². The lowest BCUT2D eigenvalue weighted by atomic mass is 9.82. The molecule has 6 heteroatoms. The van der Waals surface area contributed by atoms with Gasteiger partial charge in [-0.25, -0.2) is 0 Å². The van der Waals surface area contributed by atoms with Crippen LogP contribution in [0.15, 0.2) is 18.5 Å². The number of fused-ring (bicyclic) bond motifs is 2. The Kier molecular flexibility index (Phi) is 4.24. The standard InChI is InChI=1S/C18H25N3O2S/c1-13-8-18(4-5-21(13)11-14-9-19-20(2)10-14)17-15(3-6-23-18)7-16(12-22)24-17/h7,9-10,13,22H,3-6,8,11-12H2,1-2H3/t13-,18+/m0/s1. The van der Waals surface area contributed by atoms with Crippen LogP contribution in [0.5, 0.6) is 0 Å². The quantitative estimate of drug-likeness (QED) is 0.926. The molecule has 130 valence electrons. The average molecular weight is 347 g/mol. The van der Waals surface area contributed by atoms with E-state index >= 15 is 0 Å². The molecule has 0 aliphatic carbocycles. The molecule has 0 bridgehead atoms. The Morgan fingerprint density at radius 1 is 1.50 bits per heavy atom. The van der Waals surface area contributed by atoms with Gasteiger partial charge >= 0.3 is 0 Å². The van der Waals surface area contributed by atoms with Crippen LogP contribution >= 0.6 is 11.3 Å². The molecule has 0 aromatic carbocycles. The van der Waals surface area contributed by atoms with Crippen molar-refractivity contribution in [3.8, 4) is 0 Å². The highest BCUT2D eigenvalue weighted by atomic mass is 32.1. The van der Waals surface area contributed by atoms with Gasteiger partial charge in [-0.1, -0.05) is 0 Å². The highest BCUT2D eigenvalue weighted by Gasteiger charge is 2.44. The Balaban J connectivity index is 1.53. The number of hydrogen-bond donors (Lipinski definition) is 1. The number of hydrogen-bond acceptors (Lipinski definition) is 5. The minimum atomic E-state index is -0.142. The maximum atomic E-state index is 9.49. The van der Waals surface area contributed by atoms with E-state index in [1.165, 1.54) is 16.0 Å². The monoisotopic (exact) mass is 347 g/mol. The number of likely N-dealkylation sites (tertiary alicyclic amines) is 1. The number of aliphatic hydroxyl groups is 1. The summed E-state index contributed by atoms with van der Waals surface area (Å²) < 4.78 is 8.21. The molecule has 1 saturated heterocycles. The highest BCUT2D eigenvalue weighted by Crippen LogP contribution is 2.47. The zero-order valence-electron chi connectivity index (χ0n) is 14.4. The van der Waals surface area contributed by atoms with E-state index < -0.39 is 0 Å². The minimum absolute atomic E-state index is 0.135. The Bertz CT molecular complexity index is 726. The molecule has 0 unspecified atom stereocenters. The molecule has 2 aromatic heterocycles. The fourth-order valence-corrected chi connectivity index (χ4v) is 5.42. The van der Waals surface area contributed by atoms with Crippen molar-refractivity contribution in [3.63, 3.8) is 0 Å². The van der Waals surface area contributed by atoms with Gasteiger partial charge in [0.15, 0.2) is 0 Å². The van der Waals surface area contributed by atoms with E-state index in [-0.39, 0.29) is 12.2 Å². The van der Waals surface area contributed by atoms with Crippen LogP contribution in [0.3, 0.4) is 0 Å². The molecule has 2 aliphatic heterocycles. The van der Waals surface area contributed by atoms with Crippen molar-refractivity contribution in [2.75, 3.05) is 13.2 Å². The Labute approximate surface area is 146 Å². The zero-order chi connectivity index (χ0) is 16.7. The summed E-state index contributed by atoms with van der Waals surface area (Å²) in [6.07, 6.45) is 7.07. The van der Waals surface area contributed by atoms with E-state index in [0.29, 0.717) is 6.04 Å². The predicted molar refractivity (Wildman–Crippen MR) is 93.9 cm³/mol. The SMILES string of the molecule is C[C@H]1C[C@@]2(CCN1Cc1cnn(C)c1)OCCc1cc(CO)sc12. The lowest BCUT2D eigenvalue weighted by Crippen LogP contribution is -2.49. The third-order valence-electron chi connectivity index (χ3n) is 5.37. The van der Waals surface area contributed by atoms with Gasteiger partial charge in [0.2, 0.25) is 0 Å². The molecule has 0 radical (unpaired) electrons. The van der Waals surface area contributed by atoms with Crippen molar-refractivity contribution >= 4 is 11.3 Å². The van der Waals surface area contributed by atoms with Gasteiger partial charge in [-0.05, 0) is 37.8 Å². The Morgan fingerprint density at radius 2 is 2.38 bits per heavy atom. The van der Waals surface area contributed by atoms with Crippen molar-refractivity contribution < 1.29 is 9.84 Å². The highest BCUT2D eigenvalue weighted by molar-refractivity contribution is 7.12. The van der Waals surface area contributed by atoms with Gasteiger partial charge < -0.3 is 9.84 Å². The zero-order valence-corrected chi connectivity index (χ0v) is 15.2. The molecule has 5 nitrogen and oxygen atoms in total. The van der Waals surface area contributed by atoms with Gasteiger partial charge in [0.1, 0.15) is 5.60 Å². The van der Waals surface area contributed by atoms with E-state index in [0.717, 1.165) is 43.8 Å². The number of aliphatic hydroxyl groups excluding tert-OH is 1. The Morgan fingerprint density at radius 3 is 3.08 bits per heavy atom. The molecular weight excluding hydrogens is 322 g/mol. The molecule has 24 heavy (non-hydrogen) atoms. The lowest BCUT2D eigenvalue weighted by Gasteiger charge is -2.47. The summed E-state index contributed by atoms with van der Waals surface area (Å²) >= 11 is 1.74.